The fraction of sp³-hybridized carbons (Fsp3) is 0.417. The Morgan fingerprint density at radius 3 is 2.94 bits per heavy atom. The predicted octanol–water partition coefficient (Wildman–Crippen LogP) is 0.963. The van der Waals surface area contributed by atoms with E-state index >= 15 is 0 Å². The van der Waals surface area contributed by atoms with Crippen LogP contribution in [0.5, 0.6) is 0 Å². The molecule has 0 aliphatic carbocycles. The molecular formula is C12H12O4. The van der Waals surface area contributed by atoms with E-state index in [1.807, 2.05) is 6.07 Å². The van der Waals surface area contributed by atoms with Gasteiger partial charge in [0, 0.05) is 12.2 Å². The summed E-state index contributed by atoms with van der Waals surface area (Å²) in [6.45, 7) is 1.13. The Bertz CT molecular complexity index is 449. The van der Waals surface area contributed by atoms with Crippen LogP contribution in [0.3, 0.4) is 0 Å². The molecule has 2 aliphatic rings. The largest absolute Gasteiger partial charge is 0.457 e. The summed E-state index contributed by atoms with van der Waals surface area (Å²) in [5.41, 5.74) is 3.67. The molecule has 1 saturated heterocycles. The number of carbonyl (C=O) groups is 1. The molecule has 0 radical (unpaired) electrons. The second kappa shape index (κ2) is 3.57. The van der Waals surface area contributed by atoms with Crippen molar-refractivity contribution >= 4 is 5.97 Å². The van der Waals surface area contributed by atoms with Gasteiger partial charge in [0.05, 0.1) is 12.2 Å². The van der Waals surface area contributed by atoms with Crippen molar-refractivity contribution in [3.8, 4) is 0 Å². The van der Waals surface area contributed by atoms with Gasteiger partial charge in [-0.2, -0.15) is 0 Å². The minimum atomic E-state index is -0.266. The van der Waals surface area contributed by atoms with Gasteiger partial charge in [-0.05, 0) is 23.6 Å². The molecule has 16 heavy (non-hydrogen) atoms. The molecule has 4 heteroatoms. The summed E-state index contributed by atoms with van der Waals surface area (Å²) in [6, 6.07) is 3.70. The number of epoxide rings is 1. The Morgan fingerprint density at radius 1 is 1.44 bits per heavy atom. The molecule has 0 spiro atoms. The first-order chi connectivity index (χ1) is 7.81. The molecule has 1 aromatic rings. The third-order valence-corrected chi connectivity index (χ3v) is 3.08. The molecule has 1 atom stereocenters. The van der Waals surface area contributed by atoms with Crippen molar-refractivity contribution in [3.05, 3.63) is 34.4 Å². The minimum Gasteiger partial charge on any atom is -0.457 e. The average molecular weight is 220 g/mol. The molecule has 2 aliphatic heterocycles. The van der Waals surface area contributed by atoms with Crippen molar-refractivity contribution in [2.75, 3.05) is 13.2 Å². The van der Waals surface area contributed by atoms with Crippen LogP contribution in [0.15, 0.2) is 12.1 Å². The van der Waals surface area contributed by atoms with Crippen LogP contribution in [0.2, 0.25) is 0 Å². The van der Waals surface area contributed by atoms with Gasteiger partial charge in [0.25, 0.3) is 0 Å². The van der Waals surface area contributed by atoms with Crippen LogP contribution in [-0.2, 0) is 22.5 Å². The van der Waals surface area contributed by atoms with Crippen LogP contribution in [-0.4, -0.2) is 24.3 Å². The summed E-state index contributed by atoms with van der Waals surface area (Å²) in [7, 11) is 0. The summed E-state index contributed by atoms with van der Waals surface area (Å²) in [5, 5.41) is 9.08. The topological polar surface area (TPSA) is 59.1 Å². The number of hydrogen-bond donors (Lipinski definition) is 1. The van der Waals surface area contributed by atoms with Crippen molar-refractivity contribution in [1.29, 1.82) is 0 Å². The van der Waals surface area contributed by atoms with Gasteiger partial charge < -0.3 is 14.6 Å². The predicted molar refractivity (Wildman–Crippen MR) is 55.0 cm³/mol. The summed E-state index contributed by atoms with van der Waals surface area (Å²) in [5.74, 6) is -0.266. The van der Waals surface area contributed by atoms with Crippen LogP contribution in [0.25, 0.3) is 0 Å². The van der Waals surface area contributed by atoms with Gasteiger partial charge in [-0.25, -0.2) is 4.79 Å². The average Bonchev–Trinajstić information content (AvgIpc) is 3.05. The number of hydrogen-bond acceptors (Lipinski definition) is 4. The molecule has 3 rings (SSSR count). The van der Waals surface area contributed by atoms with Gasteiger partial charge >= 0.3 is 5.97 Å². The van der Waals surface area contributed by atoms with Crippen LogP contribution in [0, 0.1) is 0 Å². The number of fused-ring (bicyclic) bond motifs is 1. The number of aliphatic hydroxyl groups is 1. The number of benzene rings is 1. The Kier molecular flexibility index (Phi) is 2.19. The van der Waals surface area contributed by atoms with E-state index in [9.17, 15) is 4.79 Å². The van der Waals surface area contributed by atoms with E-state index in [2.05, 4.69) is 0 Å². The van der Waals surface area contributed by atoms with E-state index in [1.165, 1.54) is 0 Å². The van der Waals surface area contributed by atoms with E-state index in [0.717, 1.165) is 23.3 Å². The molecule has 1 fully saturated rings. The highest BCUT2D eigenvalue weighted by Crippen LogP contribution is 2.36. The highest BCUT2D eigenvalue weighted by atomic mass is 16.6. The van der Waals surface area contributed by atoms with Crippen molar-refractivity contribution < 1.29 is 19.4 Å². The molecule has 2 heterocycles. The van der Waals surface area contributed by atoms with E-state index in [1.54, 1.807) is 6.07 Å². The lowest BCUT2D eigenvalue weighted by molar-refractivity contribution is 0.0534. The fourth-order valence-corrected chi connectivity index (χ4v) is 2.22. The quantitative estimate of drug-likeness (QED) is 0.609. The van der Waals surface area contributed by atoms with Gasteiger partial charge in [-0.15, -0.1) is 0 Å². The lowest BCUT2D eigenvalue weighted by atomic mass is 9.94. The third-order valence-electron chi connectivity index (χ3n) is 3.08. The summed E-state index contributed by atoms with van der Waals surface area (Å²) in [6.07, 6.45) is 0.692. The zero-order chi connectivity index (χ0) is 11.1. The Balaban J connectivity index is 2.11. The van der Waals surface area contributed by atoms with Crippen molar-refractivity contribution in [3.63, 3.8) is 0 Å². The summed E-state index contributed by atoms with van der Waals surface area (Å²) < 4.78 is 10.3. The zero-order valence-corrected chi connectivity index (χ0v) is 8.73. The highest BCUT2D eigenvalue weighted by molar-refractivity contribution is 5.94. The van der Waals surface area contributed by atoms with E-state index < -0.39 is 0 Å². The normalized spacial score (nSPS) is 21.8. The maximum absolute atomic E-state index is 11.4. The summed E-state index contributed by atoms with van der Waals surface area (Å²) in [4.78, 5) is 11.4. The third kappa shape index (κ3) is 1.42. The number of ether oxygens (including phenoxy) is 2. The number of carbonyl (C=O) groups excluding carboxylic acids is 1. The second-order valence-electron chi connectivity index (χ2n) is 4.03. The molecular weight excluding hydrogens is 208 g/mol. The van der Waals surface area contributed by atoms with Gasteiger partial charge in [-0.1, -0.05) is 6.07 Å². The first-order valence-corrected chi connectivity index (χ1v) is 5.35. The van der Waals surface area contributed by atoms with E-state index in [-0.39, 0.29) is 18.7 Å². The highest BCUT2D eigenvalue weighted by Gasteiger charge is 2.32. The Morgan fingerprint density at radius 2 is 2.25 bits per heavy atom. The fourth-order valence-electron chi connectivity index (χ4n) is 2.22. The van der Waals surface area contributed by atoms with Gasteiger partial charge in [0.1, 0.15) is 12.7 Å². The molecule has 0 bridgehead atoms. The molecule has 1 N–H and O–H groups in total. The van der Waals surface area contributed by atoms with Gasteiger partial charge in [-0.3, -0.25) is 0 Å². The van der Waals surface area contributed by atoms with Crippen LogP contribution < -0.4 is 0 Å². The van der Waals surface area contributed by atoms with Crippen LogP contribution in [0.1, 0.15) is 33.2 Å². The smallest absolute Gasteiger partial charge is 0.338 e. The molecule has 84 valence electrons. The maximum atomic E-state index is 11.4. The van der Waals surface area contributed by atoms with Crippen molar-refractivity contribution in [2.45, 2.75) is 19.1 Å². The molecule has 0 amide bonds. The summed E-state index contributed by atoms with van der Waals surface area (Å²) >= 11 is 0. The molecule has 1 aromatic carbocycles. The molecule has 0 aromatic heterocycles. The van der Waals surface area contributed by atoms with Crippen molar-refractivity contribution in [2.24, 2.45) is 0 Å². The minimum absolute atomic E-state index is 0.0738. The number of esters is 1. The second-order valence-corrected chi connectivity index (χ2v) is 4.03. The molecule has 1 unspecified atom stereocenters. The monoisotopic (exact) mass is 220 g/mol. The molecule has 4 nitrogen and oxygen atoms in total. The lowest BCUT2D eigenvalue weighted by Gasteiger charge is -2.09. The standard InChI is InChI=1S/C12H12O4/c13-4-3-7-8(11-6-15-11)1-2-9-10(7)5-16-12(9)14/h1-2,11,13H,3-6H2. The van der Waals surface area contributed by atoms with Crippen LogP contribution in [0.4, 0.5) is 0 Å². The SMILES string of the molecule is O=C1OCc2c1ccc(C1CO1)c2CCO. The van der Waals surface area contributed by atoms with Gasteiger partial charge in [0.15, 0.2) is 0 Å². The number of aliphatic hydroxyl groups excluding tert-OH is 1. The first kappa shape index (κ1) is 9.81. The van der Waals surface area contributed by atoms with Gasteiger partial charge in [0.2, 0.25) is 0 Å². The number of cyclic esters (lactones) is 1. The first-order valence-electron chi connectivity index (χ1n) is 5.35. The lowest BCUT2D eigenvalue weighted by Crippen LogP contribution is -2.03. The Labute approximate surface area is 92.8 Å². The maximum Gasteiger partial charge on any atom is 0.338 e. The molecule has 0 saturated carbocycles. The van der Waals surface area contributed by atoms with Crippen molar-refractivity contribution in [1.82, 2.24) is 0 Å². The Hall–Kier alpha value is -1.39. The van der Waals surface area contributed by atoms with E-state index in [4.69, 9.17) is 14.6 Å². The van der Waals surface area contributed by atoms with Crippen LogP contribution >= 0.6 is 0 Å². The van der Waals surface area contributed by atoms with E-state index in [0.29, 0.717) is 18.6 Å². The zero-order valence-electron chi connectivity index (χ0n) is 8.73. The number of rotatable bonds is 3.